The highest BCUT2D eigenvalue weighted by Gasteiger charge is 2.54. The van der Waals surface area contributed by atoms with E-state index in [2.05, 4.69) is 10.6 Å². The first-order valence-corrected chi connectivity index (χ1v) is 11.9. The predicted molar refractivity (Wildman–Crippen MR) is 114 cm³/mol. The molecule has 2 aliphatic heterocycles. The lowest BCUT2D eigenvalue weighted by molar-refractivity contribution is -0.142. The van der Waals surface area contributed by atoms with E-state index in [0.29, 0.717) is 19.5 Å². The molecule has 1 amide bonds. The van der Waals surface area contributed by atoms with Crippen LogP contribution in [0.4, 0.5) is 0 Å². The Kier molecular flexibility index (Phi) is 8.47. The van der Waals surface area contributed by atoms with Gasteiger partial charge >= 0.3 is 13.1 Å². The second-order valence-electron chi connectivity index (χ2n) is 8.72. The zero-order chi connectivity index (χ0) is 23.6. The Balaban J connectivity index is 2.28. The van der Waals surface area contributed by atoms with Gasteiger partial charge in [0.2, 0.25) is 5.91 Å². The number of nitrogens with one attached hydrogen (secondary N) is 2. The number of hydrogen-bond donors (Lipinski definition) is 6. The number of carbonyl (C=O) groups is 2. The molecular formula is C17H34BN5O7S. The van der Waals surface area contributed by atoms with E-state index in [1.54, 1.807) is 13.8 Å². The van der Waals surface area contributed by atoms with Crippen LogP contribution in [0.2, 0.25) is 6.32 Å². The maximum Gasteiger partial charge on any atom is 0.451 e. The maximum atomic E-state index is 13.4. The number of rotatable bonds is 11. The molecule has 0 radical (unpaired) electrons. The Bertz CT molecular complexity index is 764. The Morgan fingerprint density at radius 3 is 2.39 bits per heavy atom. The van der Waals surface area contributed by atoms with Crippen LogP contribution in [0.3, 0.4) is 0 Å². The molecular weight excluding hydrogens is 429 g/mol. The van der Waals surface area contributed by atoms with Crippen LogP contribution in [0.15, 0.2) is 0 Å². The predicted octanol–water partition coefficient (Wildman–Crippen LogP) is -2.61. The normalized spacial score (nSPS) is 26.1. The molecule has 0 aliphatic carbocycles. The number of carboxylic acid groups (broad SMARTS) is 1. The average Bonchev–Trinajstić information content (AvgIpc) is 2.96. The molecule has 12 nitrogen and oxygen atoms in total. The first-order chi connectivity index (χ1) is 14.3. The fourth-order valence-corrected chi connectivity index (χ4v) is 6.15. The number of amides is 1. The van der Waals surface area contributed by atoms with Crippen molar-refractivity contribution in [2.45, 2.75) is 63.6 Å². The molecule has 0 bridgehead atoms. The summed E-state index contributed by atoms with van der Waals surface area (Å²) in [6, 6.07) is -1.68. The third kappa shape index (κ3) is 5.75. The number of carbonyl (C=O) groups excluding carboxylic acids is 1. The smallest absolute Gasteiger partial charge is 0.451 e. The van der Waals surface area contributed by atoms with Crippen LogP contribution in [0.5, 0.6) is 0 Å². The Labute approximate surface area is 183 Å². The lowest BCUT2D eigenvalue weighted by Gasteiger charge is -2.41. The van der Waals surface area contributed by atoms with Gasteiger partial charge in [0.15, 0.2) is 0 Å². The molecule has 2 rings (SSSR count). The summed E-state index contributed by atoms with van der Waals surface area (Å²) in [6.07, 6.45) is 0.650. The molecule has 0 unspecified atom stereocenters. The van der Waals surface area contributed by atoms with E-state index in [4.69, 9.17) is 20.9 Å². The van der Waals surface area contributed by atoms with Crippen LogP contribution in [-0.4, -0.2) is 101 Å². The molecule has 178 valence electrons. The molecule has 31 heavy (non-hydrogen) atoms. The summed E-state index contributed by atoms with van der Waals surface area (Å²) >= 11 is 0. The van der Waals surface area contributed by atoms with Crippen LogP contribution in [0.25, 0.3) is 0 Å². The Morgan fingerprint density at radius 1 is 1.32 bits per heavy atom. The number of aliphatic carboxylic acids is 1. The first-order valence-electron chi connectivity index (χ1n) is 10.5. The molecule has 3 atom stereocenters. The van der Waals surface area contributed by atoms with Crippen molar-refractivity contribution in [1.29, 1.82) is 0 Å². The number of hydrogen-bond acceptors (Lipinski definition) is 8. The fourth-order valence-electron chi connectivity index (χ4n) is 4.08. The Hall–Kier alpha value is -1.29. The van der Waals surface area contributed by atoms with Crippen molar-refractivity contribution in [2.24, 2.45) is 11.7 Å². The van der Waals surface area contributed by atoms with E-state index in [9.17, 15) is 18.0 Å². The van der Waals surface area contributed by atoms with Gasteiger partial charge in [-0.05, 0) is 33.5 Å². The zero-order valence-electron chi connectivity index (χ0n) is 18.2. The van der Waals surface area contributed by atoms with Crippen molar-refractivity contribution in [1.82, 2.24) is 19.2 Å². The van der Waals surface area contributed by atoms with E-state index >= 15 is 0 Å². The Morgan fingerprint density at radius 2 is 1.94 bits per heavy atom. The molecule has 2 heterocycles. The van der Waals surface area contributed by atoms with Crippen molar-refractivity contribution in [3.63, 3.8) is 0 Å². The van der Waals surface area contributed by atoms with Gasteiger partial charge in [0.05, 0.1) is 6.04 Å². The molecule has 0 aromatic carbocycles. The minimum Gasteiger partial charge on any atom is -0.480 e. The van der Waals surface area contributed by atoms with Crippen molar-refractivity contribution >= 4 is 29.2 Å². The first kappa shape index (κ1) is 26.0. The fraction of sp³-hybridized carbons (Fsp3) is 0.882. The van der Waals surface area contributed by atoms with Crippen molar-refractivity contribution in [2.75, 3.05) is 26.2 Å². The largest absolute Gasteiger partial charge is 0.480 e. The summed E-state index contributed by atoms with van der Waals surface area (Å²) in [6.45, 7) is 5.63. The minimum absolute atomic E-state index is 0.0153. The van der Waals surface area contributed by atoms with Crippen LogP contribution in [0, 0.1) is 5.92 Å². The number of carboxylic acids is 1. The molecule has 0 spiro atoms. The second kappa shape index (κ2) is 10.1. The van der Waals surface area contributed by atoms with Crippen LogP contribution >= 0.6 is 0 Å². The molecule has 2 aliphatic rings. The monoisotopic (exact) mass is 463 g/mol. The lowest BCUT2D eigenvalue weighted by Crippen LogP contribution is -2.64. The van der Waals surface area contributed by atoms with Gasteiger partial charge in [-0.2, -0.15) is 17.0 Å². The summed E-state index contributed by atoms with van der Waals surface area (Å²) in [5.41, 5.74) is 4.79. The third-order valence-electron chi connectivity index (χ3n) is 5.97. The number of nitrogens with two attached hydrogens (primary N) is 1. The van der Waals surface area contributed by atoms with Gasteiger partial charge in [-0.25, -0.2) is 0 Å². The molecule has 0 saturated carbocycles. The van der Waals surface area contributed by atoms with Gasteiger partial charge < -0.3 is 31.5 Å². The van der Waals surface area contributed by atoms with E-state index in [-0.39, 0.29) is 37.9 Å². The lowest BCUT2D eigenvalue weighted by atomic mass is 9.78. The van der Waals surface area contributed by atoms with E-state index in [1.165, 1.54) is 15.5 Å². The molecule has 2 saturated heterocycles. The summed E-state index contributed by atoms with van der Waals surface area (Å²) in [5.74, 6) is -2.59. The molecule has 2 fully saturated rings. The average molecular weight is 463 g/mol. The van der Waals surface area contributed by atoms with Gasteiger partial charge in [0.25, 0.3) is 10.2 Å². The van der Waals surface area contributed by atoms with Gasteiger partial charge in [-0.15, -0.1) is 0 Å². The zero-order valence-corrected chi connectivity index (χ0v) is 19.0. The molecule has 14 heteroatoms. The quantitative estimate of drug-likeness (QED) is 0.179. The summed E-state index contributed by atoms with van der Waals surface area (Å²) in [7, 11) is -5.45. The second-order valence-corrected chi connectivity index (χ2v) is 10.6. The SMILES string of the molecule is CC(C)N(C1CNC1)S(=O)(=O)N1C[C@H](CCCB(O)O)[C@](N)(C(=O)N[C@@H](C)C(=O)O)C1. The highest BCUT2D eigenvalue weighted by Crippen LogP contribution is 2.34. The summed E-state index contributed by atoms with van der Waals surface area (Å²) < 4.78 is 29.5. The highest BCUT2D eigenvalue weighted by atomic mass is 32.2. The van der Waals surface area contributed by atoms with Crippen molar-refractivity contribution in [3.05, 3.63) is 0 Å². The van der Waals surface area contributed by atoms with E-state index < -0.39 is 46.7 Å². The van der Waals surface area contributed by atoms with Crippen LogP contribution < -0.4 is 16.4 Å². The molecule has 0 aromatic rings. The highest BCUT2D eigenvalue weighted by molar-refractivity contribution is 7.86. The summed E-state index contributed by atoms with van der Waals surface area (Å²) in [4.78, 5) is 24.1. The standard InChI is InChI=1S/C17H34BN5O7S/c1-11(2)23(14-7-20-8-14)31(29,30)22-9-13(5-4-6-18(27)28)17(19,10-22)16(26)21-12(3)15(24)25/h11-14,20,27-28H,4-10,19H2,1-3H3,(H,21,26)(H,24,25)/t12-,13-,17-/m0/s1. The van der Waals surface area contributed by atoms with Gasteiger partial charge in [0, 0.05) is 38.1 Å². The number of nitrogens with zero attached hydrogens (tertiary/aromatic N) is 2. The molecule has 0 aromatic heterocycles. The topological polar surface area (TPSA) is 186 Å². The van der Waals surface area contributed by atoms with Gasteiger partial charge in [-0.3, -0.25) is 9.59 Å². The minimum atomic E-state index is -3.93. The van der Waals surface area contributed by atoms with Crippen molar-refractivity contribution in [3.8, 4) is 0 Å². The van der Waals surface area contributed by atoms with Gasteiger partial charge in [0.1, 0.15) is 11.6 Å². The van der Waals surface area contributed by atoms with E-state index in [0.717, 1.165) is 0 Å². The van der Waals surface area contributed by atoms with E-state index in [1.807, 2.05) is 0 Å². The summed E-state index contributed by atoms with van der Waals surface area (Å²) in [5, 5.41) is 32.7. The van der Waals surface area contributed by atoms with Crippen LogP contribution in [0.1, 0.15) is 33.6 Å². The third-order valence-corrected chi connectivity index (χ3v) is 8.15. The molecule has 7 N–H and O–H groups in total. The van der Waals surface area contributed by atoms with Gasteiger partial charge in [-0.1, -0.05) is 6.42 Å². The van der Waals surface area contributed by atoms with Crippen molar-refractivity contribution < 1.29 is 33.2 Å². The maximum absolute atomic E-state index is 13.4. The van der Waals surface area contributed by atoms with Crippen LogP contribution in [-0.2, 0) is 19.8 Å².